The molecule has 2 amide bonds. The number of carbonyl (C=O) groups is 1. The zero-order valence-corrected chi connectivity index (χ0v) is 18.2. The van der Waals surface area contributed by atoms with Gasteiger partial charge in [0.25, 0.3) is 0 Å². The number of benzene rings is 2. The number of hydrogen-bond donors (Lipinski definition) is 2. The summed E-state index contributed by atoms with van der Waals surface area (Å²) in [5.41, 5.74) is -3.30. The molecule has 0 saturated carbocycles. The van der Waals surface area contributed by atoms with Crippen LogP contribution >= 0.6 is 11.6 Å². The quantitative estimate of drug-likeness (QED) is 0.525. The fourth-order valence-electron chi connectivity index (χ4n) is 3.80. The third-order valence-corrected chi connectivity index (χ3v) is 5.82. The lowest BCUT2D eigenvalue weighted by Crippen LogP contribution is -2.53. The van der Waals surface area contributed by atoms with E-state index in [-0.39, 0.29) is 29.5 Å². The molecule has 2 N–H and O–H groups in total. The minimum Gasteiger partial charge on any atom is -0.466 e. The first kappa shape index (κ1) is 24.2. The van der Waals surface area contributed by atoms with E-state index in [1.165, 1.54) is 18.3 Å². The monoisotopic (exact) mass is 503 g/mol. The molecule has 0 radical (unpaired) electrons. The summed E-state index contributed by atoms with van der Waals surface area (Å²) in [4.78, 5) is 16.6. The average molecular weight is 504 g/mol. The van der Waals surface area contributed by atoms with Gasteiger partial charge in [0.2, 0.25) is 6.23 Å². The van der Waals surface area contributed by atoms with Crippen LogP contribution in [0.15, 0.2) is 41.4 Å². The minimum absolute atomic E-state index is 0.117. The molecular formula is C22H19ClF5N3O3. The highest BCUT2D eigenvalue weighted by Gasteiger charge is 2.62. The molecule has 34 heavy (non-hydrogen) atoms. The second kappa shape index (κ2) is 9.38. The van der Waals surface area contributed by atoms with E-state index in [9.17, 15) is 26.7 Å². The molecule has 12 heteroatoms. The van der Waals surface area contributed by atoms with E-state index >= 15 is 0 Å². The summed E-state index contributed by atoms with van der Waals surface area (Å²) in [5, 5.41) is 5.09. The van der Waals surface area contributed by atoms with Crippen molar-refractivity contribution in [2.24, 2.45) is 4.99 Å². The van der Waals surface area contributed by atoms with Crippen LogP contribution in [0.3, 0.4) is 0 Å². The Kier molecular flexibility index (Phi) is 6.68. The number of rotatable bonds is 5. The molecule has 0 bridgehead atoms. The van der Waals surface area contributed by atoms with E-state index in [0.717, 1.165) is 24.3 Å². The van der Waals surface area contributed by atoms with Crippen molar-refractivity contribution in [2.45, 2.75) is 43.3 Å². The van der Waals surface area contributed by atoms with E-state index in [1.54, 1.807) is 0 Å². The molecule has 2 aromatic carbocycles. The molecule has 1 fully saturated rings. The van der Waals surface area contributed by atoms with Gasteiger partial charge in [0.15, 0.2) is 5.60 Å². The third-order valence-electron chi connectivity index (χ3n) is 5.58. The van der Waals surface area contributed by atoms with Crippen LogP contribution in [0.2, 0.25) is 5.02 Å². The molecule has 3 unspecified atom stereocenters. The Morgan fingerprint density at radius 3 is 2.62 bits per heavy atom. The Morgan fingerprint density at radius 1 is 1.21 bits per heavy atom. The second-order valence-corrected chi connectivity index (χ2v) is 8.25. The Hall–Kier alpha value is -2.92. The first-order valence-electron chi connectivity index (χ1n) is 10.3. The van der Waals surface area contributed by atoms with Crippen LogP contribution in [-0.4, -0.2) is 37.3 Å². The van der Waals surface area contributed by atoms with Gasteiger partial charge in [0.05, 0.1) is 18.3 Å². The van der Waals surface area contributed by atoms with Gasteiger partial charge in [-0.25, -0.2) is 13.6 Å². The maximum Gasteiger partial charge on any atom is 0.421 e. The summed E-state index contributed by atoms with van der Waals surface area (Å²) in [6.07, 6.45) is -3.96. The SMILES string of the molecule is O=C(Nc1ccc(Cl)cc1F)NC1CCC=NC1Oc1ccc(F)cc1C1(C(F)(F)F)CCO1. The summed E-state index contributed by atoms with van der Waals surface area (Å²) in [6.45, 7) is -0.136. The minimum atomic E-state index is -4.80. The predicted octanol–water partition coefficient (Wildman–Crippen LogP) is 5.56. The van der Waals surface area contributed by atoms with Crippen molar-refractivity contribution in [1.29, 1.82) is 0 Å². The van der Waals surface area contributed by atoms with Gasteiger partial charge in [-0.3, -0.25) is 4.99 Å². The van der Waals surface area contributed by atoms with Crippen molar-refractivity contribution in [3.63, 3.8) is 0 Å². The van der Waals surface area contributed by atoms with Gasteiger partial charge in [-0.15, -0.1) is 0 Å². The first-order valence-corrected chi connectivity index (χ1v) is 10.7. The Bertz CT molecular complexity index is 1110. The van der Waals surface area contributed by atoms with Crippen LogP contribution in [0.4, 0.5) is 32.4 Å². The molecule has 3 atom stereocenters. The highest BCUT2D eigenvalue weighted by Crippen LogP contribution is 2.53. The van der Waals surface area contributed by atoms with Crippen LogP contribution in [0.25, 0.3) is 0 Å². The molecular weight excluding hydrogens is 485 g/mol. The molecule has 0 aromatic heterocycles. The standard InChI is InChI=1S/C22H19ClF5N3O3/c23-12-3-5-16(15(25)10-12)30-20(32)31-17-2-1-8-29-19(17)34-18-6-4-13(24)11-14(18)21(7-9-33-21)22(26,27)28/h3-6,8,10-11,17,19H,1-2,7,9H2,(H2,30,31,32). The zero-order valence-electron chi connectivity index (χ0n) is 17.5. The summed E-state index contributed by atoms with van der Waals surface area (Å²) in [5.74, 6) is -1.89. The van der Waals surface area contributed by atoms with Crippen molar-refractivity contribution in [2.75, 3.05) is 11.9 Å². The van der Waals surface area contributed by atoms with E-state index in [2.05, 4.69) is 15.6 Å². The first-order chi connectivity index (χ1) is 16.1. The lowest BCUT2D eigenvalue weighted by molar-refractivity contribution is -0.334. The number of alkyl halides is 3. The Morgan fingerprint density at radius 2 is 1.97 bits per heavy atom. The summed E-state index contributed by atoms with van der Waals surface area (Å²) in [7, 11) is 0. The van der Waals surface area contributed by atoms with Gasteiger partial charge in [-0.1, -0.05) is 11.6 Å². The van der Waals surface area contributed by atoms with Crippen LogP contribution in [0.1, 0.15) is 24.8 Å². The molecule has 2 aromatic rings. The second-order valence-electron chi connectivity index (χ2n) is 7.81. The van der Waals surface area contributed by atoms with Gasteiger partial charge in [0.1, 0.15) is 17.4 Å². The van der Waals surface area contributed by atoms with E-state index in [4.69, 9.17) is 21.1 Å². The number of nitrogens with one attached hydrogen (secondary N) is 2. The fourth-order valence-corrected chi connectivity index (χ4v) is 3.96. The molecule has 6 nitrogen and oxygen atoms in total. The van der Waals surface area contributed by atoms with Crippen molar-refractivity contribution in [3.05, 3.63) is 58.6 Å². The smallest absolute Gasteiger partial charge is 0.421 e. The normalized spacial score (nSPS) is 24.3. The average Bonchev–Trinajstić information content (AvgIpc) is 2.71. The zero-order chi connectivity index (χ0) is 24.5. The van der Waals surface area contributed by atoms with Gasteiger partial charge < -0.3 is 20.1 Å². The van der Waals surface area contributed by atoms with E-state index in [1.807, 2.05) is 0 Å². The van der Waals surface area contributed by atoms with Crippen molar-refractivity contribution < 1.29 is 36.2 Å². The van der Waals surface area contributed by atoms with E-state index < -0.39 is 47.3 Å². The van der Waals surface area contributed by atoms with E-state index in [0.29, 0.717) is 12.8 Å². The van der Waals surface area contributed by atoms with Crippen LogP contribution in [-0.2, 0) is 10.3 Å². The number of carbonyl (C=O) groups excluding carboxylic acids is 1. The number of ether oxygens (including phenoxy) is 2. The number of amides is 2. The predicted molar refractivity (Wildman–Crippen MR) is 114 cm³/mol. The van der Waals surface area contributed by atoms with Gasteiger partial charge in [-0.2, -0.15) is 13.2 Å². The maximum atomic E-state index is 14.0. The topological polar surface area (TPSA) is 72.0 Å². The maximum absolute atomic E-state index is 14.0. The summed E-state index contributed by atoms with van der Waals surface area (Å²) in [6, 6.07) is 4.94. The van der Waals surface area contributed by atoms with Gasteiger partial charge >= 0.3 is 12.2 Å². The largest absolute Gasteiger partial charge is 0.466 e. The molecule has 182 valence electrons. The number of urea groups is 1. The Balaban J connectivity index is 1.53. The lowest BCUT2D eigenvalue weighted by atomic mass is 9.85. The molecule has 2 aliphatic heterocycles. The van der Waals surface area contributed by atoms with Crippen LogP contribution in [0.5, 0.6) is 5.75 Å². The molecule has 4 rings (SSSR count). The number of nitrogens with zero attached hydrogens (tertiary/aromatic N) is 1. The van der Waals surface area contributed by atoms with Crippen LogP contribution < -0.4 is 15.4 Å². The molecule has 2 heterocycles. The number of aliphatic imine (C=N–C) groups is 1. The van der Waals surface area contributed by atoms with Crippen molar-refractivity contribution in [1.82, 2.24) is 5.32 Å². The molecule has 1 saturated heterocycles. The molecule has 0 aliphatic carbocycles. The van der Waals surface area contributed by atoms with Crippen LogP contribution in [0, 0.1) is 11.6 Å². The fraction of sp³-hybridized carbons (Fsp3) is 0.364. The number of hydrogen-bond acceptors (Lipinski definition) is 4. The van der Waals surface area contributed by atoms with Crippen molar-refractivity contribution in [3.8, 4) is 5.75 Å². The van der Waals surface area contributed by atoms with Gasteiger partial charge in [0, 0.05) is 23.2 Å². The summed E-state index contributed by atoms with van der Waals surface area (Å²) >= 11 is 5.70. The van der Waals surface area contributed by atoms with Crippen molar-refractivity contribution >= 4 is 29.5 Å². The molecule has 2 aliphatic rings. The lowest BCUT2D eigenvalue weighted by Gasteiger charge is -2.44. The third kappa shape index (κ3) is 4.80. The number of halogens is 6. The summed E-state index contributed by atoms with van der Waals surface area (Å²) < 4.78 is 79.9. The van der Waals surface area contributed by atoms with Gasteiger partial charge in [-0.05, 0) is 49.2 Å². The Labute approximate surface area is 196 Å². The highest BCUT2D eigenvalue weighted by atomic mass is 35.5. The highest BCUT2D eigenvalue weighted by molar-refractivity contribution is 6.30. The number of anilines is 1. The molecule has 0 spiro atoms.